The van der Waals surface area contributed by atoms with Crippen molar-refractivity contribution in [3.05, 3.63) is 35.9 Å². The molecule has 102 valence electrons. The predicted octanol–water partition coefficient (Wildman–Crippen LogP) is 4.30. The monoisotopic (exact) mass is 276 g/mol. The Morgan fingerprint density at radius 1 is 1.26 bits per heavy atom. The second-order valence-corrected chi connectivity index (χ2v) is 6.11. The zero-order valence-corrected chi connectivity index (χ0v) is 12.1. The maximum atomic E-state index is 11.2. The third kappa shape index (κ3) is 4.43. The highest BCUT2D eigenvalue weighted by atomic mass is 32.2. The summed E-state index contributed by atoms with van der Waals surface area (Å²) in [6, 6.07) is 8.24. The van der Waals surface area contributed by atoms with Crippen LogP contribution < -0.4 is 0 Å². The van der Waals surface area contributed by atoms with Crippen molar-refractivity contribution in [2.45, 2.75) is 42.2 Å². The summed E-state index contributed by atoms with van der Waals surface area (Å²) < 4.78 is 4.63. The van der Waals surface area contributed by atoms with E-state index in [0.717, 1.165) is 10.8 Å². The summed E-state index contributed by atoms with van der Waals surface area (Å²) in [5, 5.41) is 0.724. The summed E-state index contributed by atoms with van der Waals surface area (Å²) >= 11 is 1.95. The van der Waals surface area contributed by atoms with Crippen molar-refractivity contribution in [2.24, 2.45) is 0 Å². The van der Waals surface area contributed by atoms with E-state index in [2.05, 4.69) is 16.9 Å². The topological polar surface area (TPSA) is 26.3 Å². The number of hydrogen-bond donors (Lipinski definition) is 0. The quantitative estimate of drug-likeness (QED) is 0.606. The van der Waals surface area contributed by atoms with E-state index in [1.165, 1.54) is 50.2 Å². The average molecular weight is 276 g/mol. The highest BCUT2D eigenvalue weighted by Crippen LogP contribution is 2.35. The van der Waals surface area contributed by atoms with Crippen molar-refractivity contribution in [1.29, 1.82) is 0 Å². The molecular weight excluding hydrogens is 256 g/mol. The van der Waals surface area contributed by atoms with Gasteiger partial charge >= 0.3 is 5.97 Å². The van der Waals surface area contributed by atoms with Gasteiger partial charge in [-0.15, -0.1) is 11.8 Å². The van der Waals surface area contributed by atoms with Crippen molar-refractivity contribution in [2.75, 3.05) is 7.11 Å². The first-order valence-electron chi connectivity index (χ1n) is 6.81. The molecule has 1 aromatic carbocycles. The summed E-state index contributed by atoms with van der Waals surface area (Å²) in [5.74, 6) is -0.308. The molecule has 0 atom stereocenters. The van der Waals surface area contributed by atoms with E-state index in [4.69, 9.17) is 0 Å². The van der Waals surface area contributed by atoms with Crippen LogP contribution in [0.25, 0.3) is 6.08 Å². The smallest absolute Gasteiger partial charge is 0.330 e. The molecule has 1 aliphatic carbocycles. The minimum atomic E-state index is -0.308. The van der Waals surface area contributed by atoms with E-state index in [1.54, 1.807) is 0 Å². The fourth-order valence-corrected chi connectivity index (χ4v) is 3.67. The Kier molecular flexibility index (Phi) is 5.52. The number of methoxy groups -OCH3 is 1. The molecule has 1 aliphatic rings. The molecule has 0 radical (unpaired) electrons. The zero-order valence-electron chi connectivity index (χ0n) is 11.3. The van der Waals surface area contributed by atoms with Gasteiger partial charge < -0.3 is 4.74 Å². The van der Waals surface area contributed by atoms with Crippen molar-refractivity contribution >= 4 is 23.8 Å². The summed E-state index contributed by atoms with van der Waals surface area (Å²) in [6.07, 6.45) is 10.0. The van der Waals surface area contributed by atoms with Crippen LogP contribution in [0.15, 0.2) is 35.2 Å². The average Bonchev–Trinajstić information content (AvgIpc) is 2.47. The molecular formula is C16H20O2S. The maximum absolute atomic E-state index is 11.2. The Balaban J connectivity index is 2.07. The lowest BCUT2D eigenvalue weighted by molar-refractivity contribution is -0.134. The van der Waals surface area contributed by atoms with Crippen LogP contribution in [0.5, 0.6) is 0 Å². The fourth-order valence-electron chi connectivity index (χ4n) is 2.31. The summed E-state index contributed by atoms with van der Waals surface area (Å²) in [6.45, 7) is 0. The van der Waals surface area contributed by atoms with Gasteiger partial charge in [-0.25, -0.2) is 4.79 Å². The Morgan fingerprint density at radius 2 is 2.00 bits per heavy atom. The molecule has 0 heterocycles. The van der Waals surface area contributed by atoms with Crippen molar-refractivity contribution in [3.63, 3.8) is 0 Å². The fraction of sp³-hybridized carbons (Fsp3) is 0.438. The van der Waals surface area contributed by atoms with Crippen molar-refractivity contribution < 1.29 is 9.53 Å². The van der Waals surface area contributed by atoms with Gasteiger partial charge in [0.1, 0.15) is 0 Å². The molecule has 0 aliphatic heterocycles. The summed E-state index contributed by atoms with van der Waals surface area (Å²) in [5.41, 5.74) is 1.10. The van der Waals surface area contributed by atoms with Gasteiger partial charge in [-0.1, -0.05) is 37.5 Å². The molecule has 2 rings (SSSR count). The Bertz CT molecular complexity index is 448. The van der Waals surface area contributed by atoms with Crippen LogP contribution in [0.3, 0.4) is 0 Å². The highest BCUT2D eigenvalue weighted by molar-refractivity contribution is 8.00. The Morgan fingerprint density at radius 3 is 2.74 bits per heavy atom. The van der Waals surface area contributed by atoms with Crippen LogP contribution in [-0.4, -0.2) is 18.3 Å². The predicted molar refractivity (Wildman–Crippen MR) is 80.2 cm³/mol. The molecule has 2 nitrogen and oxygen atoms in total. The first-order chi connectivity index (χ1) is 9.29. The van der Waals surface area contributed by atoms with E-state index < -0.39 is 0 Å². The van der Waals surface area contributed by atoms with Gasteiger partial charge in [0, 0.05) is 16.2 Å². The number of benzene rings is 1. The molecule has 0 N–H and O–H groups in total. The SMILES string of the molecule is COC(=O)/C=C/c1ccccc1SC1CCCCC1. The lowest BCUT2D eigenvalue weighted by atomic mass is 10.0. The lowest BCUT2D eigenvalue weighted by Gasteiger charge is -2.21. The van der Waals surface area contributed by atoms with E-state index in [0.29, 0.717) is 0 Å². The van der Waals surface area contributed by atoms with Gasteiger partial charge in [0.25, 0.3) is 0 Å². The highest BCUT2D eigenvalue weighted by Gasteiger charge is 2.15. The number of carbonyl (C=O) groups is 1. The van der Waals surface area contributed by atoms with Crippen LogP contribution in [-0.2, 0) is 9.53 Å². The molecule has 0 bridgehead atoms. The van der Waals surface area contributed by atoms with E-state index in [-0.39, 0.29) is 5.97 Å². The second kappa shape index (κ2) is 7.39. The third-order valence-electron chi connectivity index (χ3n) is 3.37. The minimum absolute atomic E-state index is 0.308. The number of esters is 1. The number of hydrogen-bond acceptors (Lipinski definition) is 3. The summed E-state index contributed by atoms with van der Waals surface area (Å²) in [4.78, 5) is 12.4. The van der Waals surface area contributed by atoms with Gasteiger partial charge in [0.2, 0.25) is 0 Å². The van der Waals surface area contributed by atoms with Crippen LogP contribution in [0.2, 0.25) is 0 Å². The maximum Gasteiger partial charge on any atom is 0.330 e. The first kappa shape index (κ1) is 14.2. The normalized spacial score (nSPS) is 16.7. The van der Waals surface area contributed by atoms with E-state index >= 15 is 0 Å². The molecule has 19 heavy (non-hydrogen) atoms. The number of carbonyl (C=O) groups excluding carboxylic acids is 1. The second-order valence-electron chi connectivity index (χ2n) is 4.77. The van der Waals surface area contributed by atoms with Crippen LogP contribution in [0.1, 0.15) is 37.7 Å². The van der Waals surface area contributed by atoms with Crippen molar-refractivity contribution in [1.82, 2.24) is 0 Å². The lowest BCUT2D eigenvalue weighted by Crippen LogP contribution is -2.07. The van der Waals surface area contributed by atoms with Gasteiger partial charge in [0.05, 0.1) is 7.11 Å². The van der Waals surface area contributed by atoms with Gasteiger partial charge in [-0.3, -0.25) is 0 Å². The van der Waals surface area contributed by atoms with Crippen LogP contribution >= 0.6 is 11.8 Å². The Hall–Kier alpha value is -1.22. The van der Waals surface area contributed by atoms with Gasteiger partial charge in [-0.2, -0.15) is 0 Å². The minimum Gasteiger partial charge on any atom is -0.466 e. The number of thioether (sulfide) groups is 1. The molecule has 1 saturated carbocycles. The molecule has 0 aromatic heterocycles. The Labute approximate surface area is 119 Å². The number of rotatable bonds is 4. The van der Waals surface area contributed by atoms with E-state index in [9.17, 15) is 4.79 Å². The number of ether oxygens (including phenoxy) is 1. The standard InChI is InChI=1S/C16H20O2S/c1-18-16(17)12-11-13-7-5-6-10-15(13)19-14-8-3-2-4-9-14/h5-7,10-12,14H,2-4,8-9H2,1H3/b12-11+. The van der Waals surface area contributed by atoms with Crippen LogP contribution in [0, 0.1) is 0 Å². The third-order valence-corrected chi connectivity index (χ3v) is 4.80. The first-order valence-corrected chi connectivity index (χ1v) is 7.69. The molecule has 0 saturated heterocycles. The molecule has 1 aromatic rings. The van der Waals surface area contributed by atoms with Gasteiger partial charge in [-0.05, 0) is 30.5 Å². The zero-order chi connectivity index (χ0) is 13.5. The molecule has 0 spiro atoms. The largest absolute Gasteiger partial charge is 0.466 e. The molecule has 0 unspecified atom stereocenters. The summed E-state index contributed by atoms with van der Waals surface area (Å²) in [7, 11) is 1.40. The molecule has 0 amide bonds. The van der Waals surface area contributed by atoms with Crippen LogP contribution in [0.4, 0.5) is 0 Å². The molecule has 1 fully saturated rings. The van der Waals surface area contributed by atoms with Crippen molar-refractivity contribution in [3.8, 4) is 0 Å². The van der Waals surface area contributed by atoms with Gasteiger partial charge in [0.15, 0.2) is 0 Å². The van der Waals surface area contributed by atoms with E-state index in [1.807, 2.05) is 30.0 Å². The molecule has 3 heteroatoms.